The lowest BCUT2D eigenvalue weighted by atomic mass is 10.0. The molecule has 28 heavy (non-hydrogen) atoms. The van der Waals surface area contributed by atoms with Crippen LogP contribution < -0.4 is 5.32 Å². The summed E-state index contributed by atoms with van der Waals surface area (Å²) in [6, 6.07) is 5.61. The van der Waals surface area contributed by atoms with Crippen LogP contribution >= 0.6 is 11.3 Å². The summed E-state index contributed by atoms with van der Waals surface area (Å²) in [5.41, 5.74) is 3.29. The Balaban J connectivity index is 1.49. The molecule has 0 radical (unpaired) electrons. The zero-order valence-electron chi connectivity index (χ0n) is 16.0. The number of thiazole rings is 1. The fraction of sp³-hybridized carbons (Fsp3) is 0.500. The number of nitrogens with one attached hydrogen (secondary N) is 1. The number of amides is 1. The first kappa shape index (κ1) is 19.5. The van der Waals surface area contributed by atoms with E-state index in [9.17, 15) is 13.2 Å². The first-order valence-corrected chi connectivity index (χ1v) is 12.1. The van der Waals surface area contributed by atoms with E-state index in [-0.39, 0.29) is 11.8 Å². The smallest absolute Gasteiger partial charge is 0.243 e. The van der Waals surface area contributed by atoms with Crippen LogP contribution in [0.1, 0.15) is 53.9 Å². The van der Waals surface area contributed by atoms with Gasteiger partial charge in [0.25, 0.3) is 0 Å². The molecule has 1 N–H and O–H groups in total. The summed E-state index contributed by atoms with van der Waals surface area (Å²) in [7, 11) is -3.49. The van der Waals surface area contributed by atoms with Gasteiger partial charge in [0.2, 0.25) is 15.9 Å². The van der Waals surface area contributed by atoms with Crippen LogP contribution in [0.15, 0.2) is 28.5 Å². The third-order valence-corrected chi connectivity index (χ3v) is 8.45. The van der Waals surface area contributed by atoms with Gasteiger partial charge in [-0.25, -0.2) is 13.4 Å². The van der Waals surface area contributed by atoms with Crippen LogP contribution in [0.5, 0.6) is 0 Å². The van der Waals surface area contributed by atoms with Crippen LogP contribution in [0.2, 0.25) is 0 Å². The van der Waals surface area contributed by atoms with Crippen molar-refractivity contribution in [2.75, 3.05) is 13.1 Å². The van der Waals surface area contributed by atoms with Crippen LogP contribution in [0.4, 0.5) is 0 Å². The van der Waals surface area contributed by atoms with Gasteiger partial charge in [0, 0.05) is 31.3 Å². The van der Waals surface area contributed by atoms with Crippen molar-refractivity contribution in [3.05, 3.63) is 45.4 Å². The van der Waals surface area contributed by atoms with E-state index < -0.39 is 10.0 Å². The van der Waals surface area contributed by atoms with Crippen LogP contribution in [0.25, 0.3) is 0 Å². The third kappa shape index (κ3) is 3.99. The number of rotatable bonds is 5. The molecular formula is C20H25N3O3S2. The average molecular weight is 420 g/mol. The van der Waals surface area contributed by atoms with Crippen molar-refractivity contribution in [3.8, 4) is 0 Å². The number of nitrogens with zero attached hydrogens (tertiary/aromatic N) is 2. The average Bonchev–Trinajstić information content (AvgIpc) is 3.35. The molecule has 2 aromatic rings. The van der Waals surface area contributed by atoms with Crippen LogP contribution in [-0.2, 0) is 34.2 Å². The minimum absolute atomic E-state index is 0.0844. The number of piperidine rings is 1. The van der Waals surface area contributed by atoms with Crippen molar-refractivity contribution < 1.29 is 13.2 Å². The molecule has 0 spiro atoms. The Hall–Kier alpha value is -1.77. The standard InChI is InChI=1S/C20H25N3O3S2/c1-14(24)21-11-18-13-27-20(22-18)17-6-3-9-23(12-17)28(25,26)19-8-7-15-4-2-5-16(15)10-19/h7-8,10,13,17H,2-6,9,11-12H2,1H3,(H,21,24). The molecule has 0 saturated carbocycles. The second kappa shape index (κ2) is 7.93. The Morgan fingerprint density at radius 3 is 2.93 bits per heavy atom. The second-order valence-electron chi connectivity index (χ2n) is 7.57. The predicted molar refractivity (Wildman–Crippen MR) is 109 cm³/mol. The van der Waals surface area contributed by atoms with Gasteiger partial charge in [-0.15, -0.1) is 11.3 Å². The molecule has 1 unspecified atom stereocenters. The summed E-state index contributed by atoms with van der Waals surface area (Å²) in [5, 5.41) is 5.65. The van der Waals surface area contributed by atoms with E-state index in [1.165, 1.54) is 18.1 Å². The van der Waals surface area contributed by atoms with Crippen molar-refractivity contribution in [2.24, 2.45) is 0 Å². The summed E-state index contributed by atoms with van der Waals surface area (Å²) in [6.45, 7) is 2.92. The quantitative estimate of drug-likeness (QED) is 0.808. The molecule has 150 valence electrons. The number of fused-ring (bicyclic) bond motifs is 1. The van der Waals surface area contributed by atoms with Gasteiger partial charge in [-0.05, 0) is 55.4 Å². The topological polar surface area (TPSA) is 79.4 Å². The molecule has 1 atom stereocenters. The summed E-state index contributed by atoms with van der Waals surface area (Å²) in [4.78, 5) is 16.1. The Morgan fingerprint density at radius 2 is 2.11 bits per heavy atom. The molecule has 1 fully saturated rings. The maximum absolute atomic E-state index is 13.2. The highest BCUT2D eigenvalue weighted by atomic mass is 32.2. The van der Waals surface area contributed by atoms with E-state index >= 15 is 0 Å². The van der Waals surface area contributed by atoms with E-state index in [4.69, 9.17) is 0 Å². The summed E-state index contributed by atoms with van der Waals surface area (Å²) < 4.78 is 28.0. The van der Waals surface area contributed by atoms with Crippen molar-refractivity contribution in [2.45, 2.75) is 56.4 Å². The van der Waals surface area contributed by atoms with E-state index in [2.05, 4.69) is 10.3 Å². The zero-order chi connectivity index (χ0) is 19.7. The molecule has 4 rings (SSSR count). The molecule has 1 saturated heterocycles. The van der Waals surface area contributed by atoms with Gasteiger partial charge < -0.3 is 5.32 Å². The van der Waals surface area contributed by atoms with Crippen molar-refractivity contribution in [1.82, 2.24) is 14.6 Å². The summed E-state index contributed by atoms with van der Waals surface area (Å²) in [5.74, 6) is 0.0212. The molecule has 6 nitrogen and oxygen atoms in total. The highest BCUT2D eigenvalue weighted by Crippen LogP contribution is 2.33. The zero-order valence-corrected chi connectivity index (χ0v) is 17.6. The molecule has 1 aliphatic carbocycles. The number of benzene rings is 1. The fourth-order valence-electron chi connectivity index (χ4n) is 4.03. The largest absolute Gasteiger partial charge is 0.351 e. The van der Waals surface area contributed by atoms with Crippen LogP contribution in [0, 0.1) is 0 Å². The van der Waals surface area contributed by atoms with E-state index in [1.54, 1.807) is 21.7 Å². The normalized spacial score (nSPS) is 20.1. The number of sulfonamides is 1. The Kier molecular flexibility index (Phi) is 5.53. The van der Waals surface area contributed by atoms with E-state index in [0.717, 1.165) is 42.8 Å². The van der Waals surface area contributed by atoms with Crippen LogP contribution in [0.3, 0.4) is 0 Å². The van der Waals surface area contributed by atoms with Gasteiger partial charge in [-0.3, -0.25) is 4.79 Å². The molecular weight excluding hydrogens is 394 g/mol. The Morgan fingerprint density at radius 1 is 1.29 bits per heavy atom. The fourth-order valence-corrected chi connectivity index (χ4v) is 6.55. The van der Waals surface area contributed by atoms with Gasteiger partial charge in [-0.2, -0.15) is 4.31 Å². The number of aryl methyl sites for hydroxylation is 2. The minimum Gasteiger partial charge on any atom is -0.351 e. The molecule has 0 bridgehead atoms. The lowest BCUT2D eigenvalue weighted by Crippen LogP contribution is -2.39. The Bertz CT molecular complexity index is 984. The van der Waals surface area contributed by atoms with Crippen molar-refractivity contribution >= 4 is 27.3 Å². The highest BCUT2D eigenvalue weighted by molar-refractivity contribution is 7.89. The monoisotopic (exact) mass is 419 g/mol. The molecule has 2 aliphatic rings. The van der Waals surface area contributed by atoms with Gasteiger partial charge in [0.15, 0.2) is 0 Å². The van der Waals surface area contributed by atoms with Gasteiger partial charge >= 0.3 is 0 Å². The Labute approximate surface area is 170 Å². The highest BCUT2D eigenvalue weighted by Gasteiger charge is 2.32. The number of hydrogen-bond donors (Lipinski definition) is 1. The second-order valence-corrected chi connectivity index (χ2v) is 10.4. The molecule has 1 amide bonds. The third-order valence-electron chi connectivity index (χ3n) is 5.53. The molecule has 1 aliphatic heterocycles. The maximum atomic E-state index is 13.2. The molecule has 2 heterocycles. The minimum atomic E-state index is -3.49. The number of hydrogen-bond acceptors (Lipinski definition) is 5. The first-order valence-electron chi connectivity index (χ1n) is 9.74. The summed E-state index contributed by atoms with van der Waals surface area (Å²) in [6.07, 6.45) is 4.89. The maximum Gasteiger partial charge on any atom is 0.243 e. The lowest BCUT2D eigenvalue weighted by Gasteiger charge is -2.31. The first-order chi connectivity index (χ1) is 13.4. The van der Waals surface area contributed by atoms with Gasteiger partial charge in [0.05, 0.1) is 22.1 Å². The lowest BCUT2D eigenvalue weighted by molar-refractivity contribution is -0.119. The van der Waals surface area contributed by atoms with Crippen LogP contribution in [-0.4, -0.2) is 36.7 Å². The molecule has 1 aromatic carbocycles. The predicted octanol–water partition coefficient (Wildman–Crippen LogP) is 2.84. The van der Waals surface area contributed by atoms with E-state index in [0.29, 0.717) is 24.5 Å². The number of carbonyl (C=O) groups is 1. The number of carbonyl (C=O) groups excluding carboxylic acids is 1. The van der Waals surface area contributed by atoms with Gasteiger partial charge in [-0.1, -0.05) is 6.07 Å². The van der Waals surface area contributed by atoms with Crippen molar-refractivity contribution in [3.63, 3.8) is 0 Å². The number of aromatic nitrogens is 1. The van der Waals surface area contributed by atoms with Gasteiger partial charge in [0.1, 0.15) is 0 Å². The van der Waals surface area contributed by atoms with E-state index in [1.807, 2.05) is 17.5 Å². The SMILES string of the molecule is CC(=O)NCc1csc(C2CCCN(S(=O)(=O)c3ccc4c(c3)CCC4)C2)n1. The van der Waals surface area contributed by atoms with Crippen molar-refractivity contribution in [1.29, 1.82) is 0 Å². The molecule has 1 aromatic heterocycles. The molecule has 8 heteroatoms. The summed E-state index contributed by atoms with van der Waals surface area (Å²) >= 11 is 1.55.